The van der Waals surface area contributed by atoms with Crippen molar-refractivity contribution in [3.8, 4) is 0 Å². The first-order chi connectivity index (χ1) is 12.0. The van der Waals surface area contributed by atoms with Crippen LogP contribution in [-0.2, 0) is 19.1 Å². The van der Waals surface area contributed by atoms with Gasteiger partial charge in [0, 0.05) is 11.9 Å². The summed E-state index contributed by atoms with van der Waals surface area (Å²) in [6.07, 6.45) is 1.35. The van der Waals surface area contributed by atoms with Gasteiger partial charge >= 0.3 is 17.6 Å². The maximum absolute atomic E-state index is 12.4. The summed E-state index contributed by atoms with van der Waals surface area (Å²) < 4.78 is 15.0. The van der Waals surface area contributed by atoms with E-state index in [2.05, 4.69) is 0 Å². The monoisotopic (exact) mass is 343 g/mol. The lowest BCUT2D eigenvalue weighted by molar-refractivity contribution is -0.144. The van der Waals surface area contributed by atoms with Crippen LogP contribution in [0.3, 0.4) is 0 Å². The number of hydrogen-bond acceptors (Lipinski definition) is 7. The van der Waals surface area contributed by atoms with Crippen LogP contribution in [0.5, 0.6) is 0 Å². The van der Waals surface area contributed by atoms with Gasteiger partial charge in [0.15, 0.2) is 6.04 Å². The SMILES string of the molecule is CCN1c2c(c(=O)oc3ccccc23)C=C(C(=O)OC)C1C(=O)OC. The van der Waals surface area contributed by atoms with Crippen LogP contribution in [0, 0.1) is 0 Å². The van der Waals surface area contributed by atoms with Gasteiger partial charge in [-0.05, 0) is 25.1 Å². The second-order valence-electron chi connectivity index (χ2n) is 5.45. The molecule has 2 heterocycles. The second-order valence-corrected chi connectivity index (χ2v) is 5.45. The Kier molecular flexibility index (Phi) is 4.31. The molecule has 0 radical (unpaired) electrons. The van der Waals surface area contributed by atoms with E-state index in [-0.39, 0.29) is 11.1 Å². The van der Waals surface area contributed by atoms with Crippen molar-refractivity contribution in [3.63, 3.8) is 0 Å². The molecular weight excluding hydrogens is 326 g/mol. The minimum atomic E-state index is -1.000. The summed E-state index contributed by atoms with van der Waals surface area (Å²) in [6, 6.07) is 6.04. The Balaban J connectivity index is 2.39. The van der Waals surface area contributed by atoms with Gasteiger partial charge in [0.05, 0.1) is 31.0 Å². The summed E-state index contributed by atoms with van der Waals surface area (Å²) in [7, 11) is 2.46. The zero-order valence-electron chi connectivity index (χ0n) is 14.1. The van der Waals surface area contributed by atoms with Gasteiger partial charge in [0.1, 0.15) is 5.58 Å². The first-order valence-electron chi connectivity index (χ1n) is 7.73. The molecule has 2 aromatic rings. The largest absolute Gasteiger partial charge is 0.467 e. The molecule has 25 heavy (non-hydrogen) atoms. The van der Waals surface area contributed by atoms with Gasteiger partial charge in [-0.3, -0.25) is 0 Å². The molecule has 0 fully saturated rings. The molecule has 1 aromatic carbocycles. The van der Waals surface area contributed by atoms with Gasteiger partial charge in [-0.1, -0.05) is 12.1 Å². The van der Waals surface area contributed by atoms with Gasteiger partial charge < -0.3 is 18.8 Å². The Morgan fingerprint density at radius 1 is 1.20 bits per heavy atom. The summed E-state index contributed by atoms with van der Waals surface area (Å²) >= 11 is 0. The highest BCUT2D eigenvalue weighted by atomic mass is 16.5. The predicted octanol–water partition coefficient (Wildman–Crippen LogP) is 1.73. The van der Waals surface area contributed by atoms with Crippen LogP contribution in [-0.4, -0.2) is 38.7 Å². The first-order valence-corrected chi connectivity index (χ1v) is 7.73. The lowest BCUT2D eigenvalue weighted by Gasteiger charge is -2.35. The normalized spacial score (nSPS) is 16.2. The number of carbonyl (C=O) groups excluding carboxylic acids is 2. The number of para-hydroxylation sites is 1. The molecule has 0 spiro atoms. The van der Waals surface area contributed by atoms with Crippen LogP contribution in [0.15, 0.2) is 39.1 Å². The average Bonchev–Trinajstić information content (AvgIpc) is 2.65. The van der Waals surface area contributed by atoms with Gasteiger partial charge in [-0.2, -0.15) is 0 Å². The number of likely N-dealkylation sites (N-methyl/N-ethyl adjacent to an activating group) is 1. The van der Waals surface area contributed by atoms with E-state index in [1.165, 1.54) is 20.3 Å². The number of carbonyl (C=O) groups is 2. The van der Waals surface area contributed by atoms with E-state index in [9.17, 15) is 14.4 Å². The standard InChI is InChI=1S/C18H17NO6/c1-4-19-14-10-7-5-6-8-13(10)25-17(21)11(14)9-12(16(20)23-2)15(19)18(22)24-3/h5-9,15H,4H2,1-3H3. The summed E-state index contributed by atoms with van der Waals surface area (Å²) in [6.45, 7) is 2.19. The number of esters is 2. The molecule has 1 aliphatic heterocycles. The predicted molar refractivity (Wildman–Crippen MR) is 91.3 cm³/mol. The quantitative estimate of drug-likeness (QED) is 0.619. The molecule has 0 saturated carbocycles. The third kappa shape index (κ3) is 2.57. The lowest BCUT2D eigenvalue weighted by Crippen LogP contribution is -2.48. The van der Waals surface area contributed by atoms with E-state index in [4.69, 9.17) is 13.9 Å². The van der Waals surface area contributed by atoms with Gasteiger partial charge in [0.25, 0.3) is 0 Å². The molecule has 130 valence electrons. The molecule has 0 amide bonds. The van der Waals surface area contributed by atoms with E-state index in [1.807, 2.05) is 13.0 Å². The van der Waals surface area contributed by atoms with Crippen LogP contribution in [0.25, 0.3) is 17.0 Å². The maximum Gasteiger partial charge on any atom is 0.345 e. The van der Waals surface area contributed by atoms with Crippen molar-refractivity contribution in [1.82, 2.24) is 0 Å². The highest BCUT2D eigenvalue weighted by molar-refractivity contribution is 6.09. The molecule has 0 bridgehead atoms. The topological polar surface area (TPSA) is 86.0 Å². The highest BCUT2D eigenvalue weighted by Crippen LogP contribution is 2.37. The molecule has 1 atom stereocenters. The van der Waals surface area contributed by atoms with Crippen molar-refractivity contribution >= 4 is 34.7 Å². The molecule has 0 aliphatic carbocycles. The highest BCUT2D eigenvalue weighted by Gasteiger charge is 2.40. The van der Waals surface area contributed by atoms with Gasteiger partial charge in [-0.25, -0.2) is 14.4 Å². The van der Waals surface area contributed by atoms with Crippen LogP contribution >= 0.6 is 0 Å². The fourth-order valence-corrected chi connectivity index (χ4v) is 3.11. The van der Waals surface area contributed by atoms with Crippen LogP contribution in [0.1, 0.15) is 12.5 Å². The smallest absolute Gasteiger partial charge is 0.345 e. The Labute approximate surface area is 143 Å². The fourth-order valence-electron chi connectivity index (χ4n) is 3.11. The Bertz CT molecular complexity index is 942. The zero-order valence-corrected chi connectivity index (χ0v) is 14.1. The fraction of sp³-hybridized carbons (Fsp3) is 0.278. The third-order valence-corrected chi connectivity index (χ3v) is 4.20. The minimum Gasteiger partial charge on any atom is -0.467 e. The molecule has 0 saturated heterocycles. The number of fused-ring (bicyclic) bond motifs is 3. The summed E-state index contributed by atoms with van der Waals surface area (Å²) in [5.74, 6) is -1.31. The van der Waals surface area contributed by atoms with Crippen LogP contribution in [0.2, 0.25) is 0 Å². The first kappa shape index (κ1) is 16.8. The number of methoxy groups -OCH3 is 2. The van der Waals surface area contributed by atoms with Crippen molar-refractivity contribution < 1.29 is 23.5 Å². The minimum absolute atomic E-state index is 0.0336. The molecule has 7 nitrogen and oxygen atoms in total. The molecular formula is C18H17NO6. The molecule has 1 aliphatic rings. The van der Waals surface area contributed by atoms with Gasteiger partial charge in [-0.15, -0.1) is 0 Å². The summed E-state index contributed by atoms with van der Waals surface area (Å²) in [5.41, 5.74) is 0.602. The molecule has 1 unspecified atom stereocenters. The van der Waals surface area contributed by atoms with E-state index >= 15 is 0 Å². The Morgan fingerprint density at radius 3 is 2.56 bits per heavy atom. The lowest BCUT2D eigenvalue weighted by atomic mass is 9.94. The van der Waals surface area contributed by atoms with Crippen LogP contribution in [0.4, 0.5) is 5.69 Å². The second kappa shape index (κ2) is 6.43. The Morgan fingerprint density at radius 2 is 1.92 bits per heavy atom. The Hall–Kier alpha value is -3.09. The maximum atomic E-state index is 12.4. The van der Waals surface area contributed by atoms with Crippen molar-refractivity contribution in [2.45, 2.75) is 13.0 Å². The number of nitrogens with zero attached hydrogens (tertiary/aromatic N) is 1. The molecule has 3 rings (SSSR count). The van der Waals surface area contributed by atoms with E-state index in [0.29, 0.717) is 23.2 Å². The van der Waals surface area contributed by atoms with Crippen LogP contribution < -0.4 is 10.5 Å². The van der Waals surface area contributed by atoms with Crippen molar-refractivity contribution in [1.29, 1.82) is 0 Å². The average molecular weight is 343 g/mol. The van der Waals surface area contributed by atoms with Crippen molar-refractivity contribution in [2.24, 2.45) is 0 Å². The number of anilines is 1. The van der Waals surface area contributed by atoms with E-state index in [1.54, 1.807) is 23.1 Å². The van der Waals surface area contributed by atoms with Gasteiger partial charge in [0.2, 0.25) is 0 Å². The zero-order chi connectivity index (χ0) is 18.1. The summed E-state index contributed by atoms with van der Waals surface area (Å²) in [4.78, 5) is 38.7. The summed E-state index contributed by atoms with van der Waals surface area (Å²) in [5, 5.41) is 0.674. The van der Waals surface area contributed by atoms with Crippen molar-refractivity contribution in [2.75, 3.05) is 25.7 Å². The molecule has 0 N–H and O–H groups in total. The number of hydrogen-bond donors (Lipinski definition) is 0. The number of ether oxygens (including phenoxy) is 2. The third-order valence-electron chi connectivity index (χ3n) is 4.20. The molecule has 7 heteroatoms. The molecule has 1 aromatic heterocycles. The van der Waals surface area contributed by atoms with Crippen molar-refractivity contribution in [3.05, 3.63) is 45.8 Å². The number of rotatable bonds is 3. The van der Waals surface area contributed by atoms with E-state index < -0.39 is 23.6 Å². The van der Waals surface area contributed by atoms with E-state index in [0.717, 1.165) is 0 Å². The number of benzene rings is 1.